The van der Waals surface area contributed by atoms with Gasteiger partial charge in [0, 0.05) is 11.5 Å². The van der Waals surface area contributed by atoms with Crippen LogP contribution in [0, 0.1) is 30.6 Å². The fourth-order valence-corrected chi connectivity index (χ4v) is 10.2. The van der Waals surface area contributed by atoms with Crippen LogP contribution >= 0.6 is 0 Å². The van der Waals surface area contributed by atoms with Gasteiger partial charge in [-0.15, -0.1) is 0 Å². The highest BCUT2D eigenvalue weighted by Gasteiger charge is 2.70. The minimum atomic E-state index is -1.51. The Hall–Kier alpha value is -7.21. The zero-order valence-corrected chi connectivity index (χ0v) is 33.0. The van der Waals surface area contributed by atoms with Crippen molar-refractivity contribution in [3.8, 4) is 28.7 Å². The van der Waals surface area contributed by atoms with Gasteiger partial charge in [-0.2, -0.15) is 5.01 Å². The number of aryl methyl sites for hydroxylation is 1. The van der Waals surface area contributed by atoms with Crippen LogP contribution in [0.1, 0.15) is 35.4 Å². The molecule has 2 N–H and O–H groups in total. The molecule has 6 aromatic rings. The number of phenols is 1. The van der Waals surface area contributed by atoms with E-state index in [1.54, 1.807) is 36.4 Å². The highest BCUT2D eigenvalue weighted by atomic mass is 16.5. The van der Waals surface area contributed by atoms with Crippen molar-refractivity contribution in [3.05, 3.63) is 144 Å². The van der Waals surface area contributed by atoms with Crippen LogP contribution in [0.25, 0.3) is 22.6 Å². The van der Waals surface area contributed by atoms with E-state index in [4.69, 9.17) is 13.9 Å². The topological polar surface area (TPSA) is 152 Å². The van der Waals surface area contributed by atoms with Crippen molar-refractivity contribution in [2.45, 2.75) is 31.1 Å². The molecule has 1 saturated carbocycles. The number of fused-ring (bicyclic) bond motifs is 5. The van der Waals surface area contributed by atoms with Gasteiger partial charge in [-0.1, -0.05) is 71.8 Å². The smallest absolute Gasteiger partial charge is 0.260 e. The largest absolute Gasteiger partial charge is 0.502 e. The van der Waals surface area contributed by atoms with E-state index in [2.05, 4.69) is 10.4 Å². The SMILES string of the molecule is COc1cc([C@H]2C3=CC[C@@H]4C(=O)N(c5ccc(-c6nc7ccccc7o6)cc5)C(=O)[C@@H]4[C@@H]3C[C@H]3C(=O)N(Nc4ccc(C)cc4)C(=O)[C@@]23c2ccccc2)cc(OC)c1O. The van der Waals surface area contributed by atoms with Gasteiger partial charge in [-0.25, -0.2) is 4.98 Å². The summed E-state index contributed by atoms with van der Waals surface area (Å²) in [7, 11) is 2.85. The number of benzene rings is 5. The first kappa shape index (κ1) is 37.1. The third kappa shape index (κ3) is 5.39. The fourth-order valence-electron chi connectivity index (χ4n) is 10.2. The average Bonchev–Trinajstić information content (AvgIpc) is 3.89. The van der Waals surface area contributed by atoms with Gasteiger partial charge in [0.25, 0.3) is 11.8 Å². The molecular weight excluding hydrogens is 761 g/mol. The average molecular weight is 801 g/mol. The molecule has 0 unspecified atom stereocenters. The Kier molecular flexibility index (Phi) is 8.64. The number of allylic oxidation sites excluding steroid dienone is 2. The zero-order valence-electron chi connectivity index (χ0n) is 33.0. The summed E-state index contributed by atoms with van der Waals surface area (Å²) >= 11 is 0. The number of oxazole rings is 1. The summed E-state index contributed by atoms with van der Waals surface area (Å²) < 4.78 is 17.2. The predicted molar refractivity (Wildman–Crippen MR) is 222 cm³/mol. The molecule has 6 atom stereocenters. The number of amides is 4. The number of hydrogen-bond donors (Lipinski definition) is 2. The number of hydrazine groups is 1. The van der Waals surface area contributed by atoms with Gasteiger partial charge in [0.05, 0.1) is 48.8 Å². The molecule has 2 aliphatic heterocycles. The lowest BCUT2D eigenvalue weighted by Crippen LogP contribution is -2.53. The Morgan fingerprint density at radius 2 is 1.48 bits per heavy atom. The van der Waals surface area contributed by atoms with Gasteiger partial charge in [0.1, 0.15) is 5.52 Å². The lowest BCUT2D eigenvalue weighted by Gasteiger charge is -2.50. The van der Waals surface area contributed by atoms with Crippen molar-refractivity contribution in [2.75, 3.05) is 24.5 Å². The molecular formula is C48H40N4O8. The van der Waals surface area contributed by atoms with Gasteiger partial charge >= 0.3 is 0 Å². The maximum absolute atomic E-state index is 15.5. The van der Waals surface area contributed by atoms with Gasteiger partial charge in [-0.05, 0) is 97.5 Å². The molecule has 3 heterocycles. The molecule has 3 fully saturated rings. The quantitative estimate of drug-likeness (QED) is 0.116. The van der Waals surface area contributed by atoms with E-state index < -0.39 is 46.8 Å². The molecule has 5 aromatic carbocycles. The second-order valence-corrected chi connectivity index (χ2v) is 15.9. The fraction of sp³-hybridized carbons (Fsp3) is 0.229. The first-order chi connectivity index (χ1) is 29.1. The van der Waals surface area contributed by atoms with Crippen LogP contribution in [0.2, 0.25) is 0 Å². The van der Waals surface area contributed by atoms with Crippen molar-refractivity contribution in [3.63, 3.8) is 0 Å². The Bertz CT molecular complexity index is 2700. The van der Waals surface area contributed by atoms with Crippen molar-refractivity contribution in [2.24, 2.45) is 23.7 Å². The number of rotatable bonds is 8. The molecule has 0 radical (unpaired) electrons. The number of aromatic hydroxyl groups is 1. The van der Waals surface area contributed by atoms with Crippen LogP contribution in [0.5, 0.6) is 17.2 Å². The number of methoxy groups -OCH3 is 2. The number of carbonyl (C=O) groups is 4. The maximum Gasteiger partial charge on any atom is 0.260 e. The maximum atomic E-state index is 15.5. The van der Waals surface area contributed by atoms with Gasteiger partial charge in [-0.3, -0.25) is 29.5 Å². The summed E-state index contributed by atoms with van der Waals surface area (Å²) in [5.74, 6) is -5.07. The lowest BCUT2D eigenvalue weighted by molar-refractivity contribution is -0.138. The number of nitrogens with zero attached hydrogens (tertiary/aromatic N) is 3. The molecule has 1 aromatic heterocycles. The number of para-hydroxylation sites is 2. The highest BCUT2D eigenvalue weighted by molar-refractivity contribution is 6.22. The normalized spacial score (nSPS) is 24.6. The van der Waals surface area contributed by atoms with Crippen LogP contribution < -0.4 is 19.8 Å². The monoisotopic (exact) mass is 800 g/mol. The second kappa shape index (κ2) is 14.0. The van der Waals surface area contributed by atoms with Crippen LogP contribution in [0.3, 0.4) is 0 Å². The molecule has 4 aliphatic rings. The first-order valence-electron chi connectivity index (χ1n) is 19.9. The highest BCUT2D eigenvalue weighted by Crippen LogP contribution is 2.65. The van der Waals surface area contributed by atoms with E-state index in [9.17, 15) is 14.7 Å². The van der Waals surface area contributed by atoms with Crippen molar-refractivity contribution >= 4 is 46.1 Å². The standard InChI is InChI=1S/C48H40N4O8/c1-26-13-17-30(18-14-26)50-52-45(55)35-25-34-32(41(28-23-38(58-2)42(53)39(24-28)59-3)48(35,47(52)57)29-9-5-4-6-10-29)21-22-33-40(34)46(56)51(44(33)54)31-19-15-27(16-20-31)43-49-36-11-7-8-12-37(36)60-43/h4-21,23-24,33-35,40-41,50,53H,22,25H2,1-3H3/t33-,34+,35-,40-,41-,48+/m0/s1. The third-order valence-corrected chi connectivity index (χ3v) is 12.9. The summed E-state index contributed by atoms with van der Waals surface area (Å²) in [6.07, 6.45) is 2.36. The summed E-state index contributed by atoms with van der Waals surface area (Å²) in [5, 5.41) is 12.2. The first-order valence-corrected chi connectivity index (χ1v) is 19.9. The molecule has 12 nitrogen and oxygen atoms in total. The van der Waals surface area contributed by atoms with Gasteiger partial charge < -0.3 is 19.0 Å². The zero-order chi connectivity index (χ0) is 41.4. The Balaban J connectivity index is 1.10. The molecule has 2 aliphatic carbocycles. The van der Waals surface area contributed by atoms with Crippen LogP contribution in [-0.2, 0) is 24.6 Å². The predicted octanol–water partition coefficient (Wildman–Crippen LogP) is 7.72. The molecule has 0 spiro atoms. The minimum absolute atomic E-state index is 0.117. The molecule has 300 valence electrons. The van der Waals surface area contributed by atoms with Gasteiger partial charge in [0.15, 0.2) is 17.1 Å². The number of anilines is 2. The molecule has 4 amide bonds. The Labute approximate surface area is 345 Å². The number of phenolic OH excluding ortho intramolecular Hbond substituents is 1. The molecule has 12 heteroatoms. The summed E-state index contributed by atoms with van der Waals surface area (Å²) in [5.41, 5.74) is 7.59. The van der Waals surface area contributed by atoms with Crippen molar-refractivity contribution in [1.29, 1.82) is 0 Å². The van der Waals surface area contributed by atoms with Crippen LogP contribution in [0.4, 0.5) is 11.4 Å². The number of ether oxygens (including phenoxy) is 2. The number of aromatic nitrogens is 1. The molecule has 60 heavy (non-hydrogen) atoms. The van der Waals surface area contributed by atoms with E-state index in [1.165, 1.54) is 19.1 Å². The Morgan fingerprint density at radius 3 is 2.17 bits per heavy atom. The van der Waals surface area contributed by atoms with E-state index in [-0.39, 0.29) is 41.9 Å². The van der Waals surface area contributed by atoms with Crippen molar-refractivity contribution < 1.29 is 38.2 Å². The third-order valence-electron chi connectivity index (χ3n) is 12.9. The number of hydrogen-bond acceptors (Lipinski definition) is 10. The summed E-state index contributed by atoms with van der Waals surface area (Å²) in [6.45, 7) is 1.95. The number of nitrogens with one attached hydrogen (secondary N) is 1. The van der Waals surface area contributed by atoms with E-state index >= 15 is 9.59 Å². The van der Waals surface area contributed by atoms with Crippen molar-refractivity contribution in [1.82, 2.24) is 9.99 Å². The summed E-state index contributed by atoms with van der Waals surface area (Å²) in [4.78, 5) is 65.7. The lowest BCUT2D eigenvalue weighted by atomic mass is 9.49. The van der Waals surface area contributed by atoms with E-state index in [0.717, 1.165) is 21.7 Å². The minimum Gasteiger partial charge on any atom is -0.502 e. The van der Waals surface area contributed by atoms with Crippen LogP contribution in [0.15, 0.2) is 131 Å². The Morgan fingerprint density at radius 1 is 0.800 bits per heavy atom. The number of imide groups is 2. The van der Waals surface area contributed by atoms with E-state index in [1.807, 2.05) is 91.9 Å². The van der Waals surface area contributed by atoms with Gasteiger partial charge in [0.2, 0.25) is 23.5 Å². The molecule has 0 bridgehead atoms. The second-order valence-electron chi connectivity index (χ2n) is 15.9. The summed E-state index contributed by atoms with van der Waals surface area (Å²) in [6, 6.07) is 34.5. The molecule has 10 rings (SSSR count). The van der Waals surface area contributed by atoms with E-state index in [0.29, 0.717) is 39.5 Å². The van der Waals surface area contributed by atoms with Crippen LogP contribution in [-0.4, -0.2) is 52.9 Å². The number of carbonyl (C=O) groups excluding carboxylic acids is 4. The molecule has 2 saturated heterocycles.